The number of carbonyl (C=O) groups is 1. The zero-order valence-corrected chi connectivity index (χ0v) is 12.6. The molecule has 2 aromatic carbocycles. The van der Waals surface area contributed by atoms with Gasteiger partial charge in [-0.2, -0.15) is 0 Å². The molecule has 21 heavy (non-hydrogen) atoms. The van der Waals surface area contributed by atoms with Gasteiger partial charge in [0, 0.05) is 11.1 Å². The van der Waals surface area contributed by atoms with E-state index in [4.69, 9.17) is 16.3 Å². The van der Waals surface area contributed by atoms with Crippen molar-refractivity contribution in [2.24, 2.45) is 0 Å². The molecule has 1 N–H and O–H groups in total. The maximum atomic E-state index is 12.1. The molecule has 0 aliphatic heterocycles. The number of hydrogen-bond donors (Lipinski definition) is 1. The molecular formula is C17H16ClNO2. The third kappa shape index (κ3) is 4.10. The van der Waals surface area contributed by atoms with Crippen molar-refractivity contribution >= 4 is 28.8 Å². The number of halogens is 1. The summed E-state index contributed by atoms with van der Waals surface area (Å²) in [4.78, 5) is 12.1. The fourth-order valence-corrected chi connectivity index (χ4v) is 2.10. The largest absolute Gasteiger partial charge is 0.495 e. The fraction of sp³-hybridized carbons (Fsp3) is 0.118. The molecule has 0 saturated carbocycles. The van der Waals surface area contributed by atoms with Crippen LogP contribution in [0.25, 0.3) is 5.57 Å². The molecular weight excluding hydrogens is 286 g/mol. The third-order valence-corrected chi connectivity index (χ3v) is 3.23. The summed E-state index contributed by atoms with van der Waals surface area (Å²) in [5.74, 6) is 0.343. The maximum absolute atomic E-state index is 12.1. The van der Waals surface area contributed by atoms with Gasteiger partial charge in [0.05, 0.1) is 12.8 Å². The van der Waals surface area contributed by atoms with Crippen LogP contribution in [0.15, 0.2) is 54.6 Å². The summed E-state index contributed by atoms with van der Waals surface area (Å²) in [7, 11) is 1.55. The number of hydrogen-bond acceptors (Lipinski definition) is 2. The molecule has 108 valence electrons. The molecule has 4 heteroatoms. The highest BCUT2D eigenvalue weighted by atomic mass is 35.5. The highest BCUT2D eigenvalue weighted by Gasteiger charge is 2.07. The van der Waals surface area contributed by atoms with E-state index in [2.05, 4.69) is 5.32 Å². The van der Waals surface area contributed by atoms with Gasteiger partial charge in [0.15, 0.2) is 0 Å². The van der Waals surface area contributed by atoms with E-state index in [-0.39, 0.29) is 5.91 Å². The topological polar surface area (TPSA) is 38.3 Å². The number of allylic oxidation sites excluding steroid dienone is 1. The molecule has 0 aliphatic rings. The van der Waals surface area contributed by atoms with Crippen molar-refractivity contribution in [1.29, 1.82) is 0 Å². The predicted octanol–water partition coefficient (Wildman–Crippen LogP) is 4.39. The number of anilines is 1. The van der Waals surface area contributed by atoms with Crippen molar-refractivity contribution < 1.29 is 9.53 Å². The monoisotopic (exact) mass is 301 g/mol. The average Bonchev–Trinajstić information content (AvgIpc) is 2.48. The van der Waals surface area contributed by atoms with Crippen LogP contribution >= 0.6 is 11.6 Å². The van der Waals surface area contributed by atoms with Gasteiger partial charge in [-0.05, 0) is 36.3 Å². The Labute approximate surface area is 129 Å². The van der Waals surface area contributed by atoms with Gasteiger partial charge >= 0.3 is 0 Å². The van der Waals surface area contributed by atoms with Crippen LogP contribution in [0, 0.1) is 0 Å². The Bertz CT molecular complexity index is 666. The Morgan fingerprint density at radius 1 is 1.19 bits per heavy atom. The molecule has 0 radical (unpaired) electrons. The fourth-order valence-electron chi connectivity index (χ4n) is 1.93. The van der Waals surface area contributed by atoms with Gasteiger partial charge in [-0.1, -0.05) is 41.9 Å². The Balaban J connectivity index is 2.17. The summed E-state index contributed by atoms with van der Waals surface area (Å²) in [5, 5.41) is 3.32. The lowest BCUT2D eigenvalue weighted by Crippen LogP contribution is -2.09. The molecule has 0 heterocycles. The van der Waals surface area contributed by atoms with Crippen LogP contribution in [0.3, 0.4) is 0 Å². The molecule has 0 aliphatic carbocycles. The van der Waals surface area contributed by atoms with Gasteiger partial charge in [-0.15, -0.1) is 0 Å². The summed E-state index contributed by atoms with van der Waals surface area (Å²) >= 11 is 5.94. The SMILES string of the molecule is COc1ccc(Cl)cc1NC(=O)/C=C(\C)c1ccccc1. The Hall–Kier alpha value is -2.26. The summed E-state index contributed by atoms with van der Waals surface area (Å²) in [6.45, 7) is 1.89. The maximum Gasteiger partial charge on any atom is 0.248 e. The summed E-state index contributed by atoms with van der Waals surface area (Å²) in [6.07, 6.45) is 1.55. The lowest BCUT2D eigenvalue weighted by atomic mass is 10.1. The van der Waals surface area contributed by atoms with Gasteiger partial charge in [0.1, 0.15) is 5.75 Å². The van der Waals surface area contributed by atoms with E-state index >= 15 is 0 Å². The minimum atomic E-state index is -0.225. The number of ether oxygens (including phenoxy) is 1. The van der Waals surface area contributed by atoms with Crippen molar-refractivity contribution in [3.05, 3.63) is 65.2 Å². The quantitative estimate of drug-likeness (QED) is 0.851. The Kier molecular flexibility index (Phi) is 5.01. The van der Waals surface area contributed by atoms with Gasteiger partial charge in [-0.3, -0.25) is 4.79 Å². The highest BCUT2D eigenvalue weighted by Crippen LogP contribution is 2.27. The molecule has 0 atom stereocenters. The van der Waals surface area contributed by atoms with Crippen molar-refractivity contribution in [3.8, 4) is 5.75 Å². The molecule has 2 aromatic rings. The molecule has 0 aromatic heterocycles. The standard InChI is InChI=1S/C17H16ClNO2/c1-12(13-6-4-3-5-7-13)10-17(20)19-15-11-14(18)8-9-16(15)21-2/h3-11H,1-2H3,(H,19,20)/b12-10+. The Morgan fingerprint density at radius 2 is 1.90 bits per heavy atom. The molecule has 0 bridgehead atoms. The van der Waals surface area contributed by atoms with E-state index in [1.165, 1.54) is 0 Å². The lowest BCUT2D eigenvalue weighted by molar-refractivity contribution is -0.111. The zero-order valence-electron chi connectivity index (χ0n) is 11.9. The van der Waals surface area contributed by atoms with Crippen LogP contribution in [0.1, 0.15) is 12.5 Å². The number of carbonyl (C=O) groups excluding carboxylic acids is 1. The van der Waals surface area contributed by atoms with Crippen LogP contribution in [-0.4, -0.2) is 13.0 Å². The first-order valence-corrected chi connectivity index (χ1v) is 6.86. The van der Waals surface area contributed by atoms with Gasteiger partial charge in [0.25, 0.3) is 0 Å². The van der Waals surface area contributed by atoms with E-state index in [1.54, 1.807) is 31.4 Å². The van der Waals surface area contributed by atoms with E-state index in [1.807, 2.05) is 37.3 Å². The molecule has 0 spiro atoms. The van der Waals surface area contributed by atoms with Gasteiger partial charge in [-0.25, -0.2) is 0 Å². The van der Waals surface area contributed by atoms with Gasteiger partial charge in [0.2, 0.25) is 5.91 Å². The minimum absolute atomic E-state index is 0.225. The number of nitrogens with one attached hydrogen (secondary N) is 1. The van der Waals surface area contributed by atoms with Crippen LogP contribution in [0.5, 0.6) is 5.75 Å². The molecule has 0 fully saturated rings. The van der Waals surface area contributed by atoms with E-state index in [0.717, 1.165) is 11.1 Å². The lowest BCUT2D eigenvalue weighted by Gasteiger charge is -2.09. The number of rotatable bonds is 4. The van der Waals surface area contributed by atoms with Crippen LogP contribution in [0.2, 0.25) is 5.02 Å². The molecule has 2 rings (SSSR count). The summed E-state index contributed by atoms with van der Waals surface area (Å²) < 4.78 is 5.20. The Morgan fingerprint density at radius 3 is 2.57 bits per heavy atom. The van der Waals surface area contributed by atoms with Crippen LogP contribution in [-0.2, 0) is 4.79 Å². The van der Waals surface area contributed by atoms with E-state index in [9.17, 15) is 4.79 Å². The second kappa shape index (κ2) is 6.95. The molecule has 0 saturated heterocycles. The molecule has 1 amide bonds. The van der Waals surface area contributed by atoms with Crippen molar-refractivity contribution in [1.82, 2.24) is 0 Å². The minimum Gasteiger partial charge on any atom is -0.495 e. The molecule has 0 unspecified atom stereocenters. The summed E-state index contributed by atoms with van der Waals surface area (Å²) in [6, 6.07) is 14.8. The molecule has 3 nitrogen and oxygen atoms in total. The van der Waals surface area contributed by atoms with Crippen molar-refractivity contribution in [2.75, 3.05) is 12.4 Å². The zero-order chi connectivity index (χ0) is 15.2. The second-order valence-electron chi connectivity index (χ2n) is 4.53. The highest BCUT2D eigenvalue weighted by molar-refractivity contribution is 6.31. The number of amides is 1. The summed E-state index contributed by atoms with van der Waals surface area (Å²) in [5.41, 5.74) is 2.44. The smallest absolute Gasteiger partial charge is 0.248 e. The van der Waals surface area contributed by atoms with E-state index < -0.39 is 0 Å². The number of methoxy groups -OCH3 is 1. The number of benzene rings is 2. The normalized spacial score (nSPS) is 11.1. The second-order valence-corrected chi connectivity index (χ2v) is 4.96. The third-order valence-electron chi connectivity index (χ3n) is 3.00. The first-order chi connectivity index (χ1) is 10.1. The van der Waals surface area contributed by atoms with Gasteiger partial charge < -0.3 is 10.1 Å². The first-order valence-electron chi connectivity index (χ1n) is 6.48. The van der Waals surface area contributed by atoms with E-state index in [0.29, 0.717) is 16.5 Å². The average molecular weight is 302 g/mol. The van der Waals surface area contributed by atoms with Crippen LogP contribution < -0.4 is 10.1 Å². The predicted molar refractivity (Wildman–Crippen MR) is 86.7 cm³/mol. The van der Waals surface area contributed by atoms with Crippen molar-refractivity contribution in [3.63, 3.8) is 0 Å². The first kappa shape index (κ1) is 15.1. The van der Waals surface area contributed by atoms with Crippen LogP contribution in [0.4, 0.5) is 5.69 Å². The van der Waals surface area contributed by atoms with Crippen molar-refractivity contribution in [2.45, 2.75) is 6.92 Å².